The lowest BCUT2D eigenvalue weighted by Gasteiger charge is -2.35. The average Bonchev–Trinajstić information content (AvgIpc) is 3.06. The van der Waals surface area contributed by atoms with Crippen LogP contribution in [-0.2, 0) is 0 Å². The molecule has 2 atom stereocenters. The second-order valence-corrected chi connectivity index (χ2v) is 6.09. The summed E-state index contributed by atoms with van der Waals surface area (Å²) in [5, 5.41) is 11.2. The van der Waals surface area contributed by atoms with Gasteiger partial charge in [-0.1, -0.05) is 6.92 Å². The van der Waals surface area contributed by atoms with Crippen molar-refractivity contribution >= 4 is 22.4 Å². The second-order valence-electron chi connectivity index (χ2n) is 5.34. The lowest BCUT2D eigenvalue weighted by Crippen LogP contribution is -2.42. The number of β-amino-alcohol motifs (C(OH)–C–C–N with tert-alkyl or cyclic N) is 1. The third-order valence-electron chi connectivity index (χ3n) is 3.93. The van der Waals surface area contributed by atoms with Gasteiger partial charge in [0.1, 0.15) is 10.8 Å². The zero-order chi connectivity index (χ0) is 12.0. The topological polar surface area (TPSA) is 62.4 Å². The number of piperidine rings is 1. The van der Waals surface area contributed by atoms with Crippen LogP contribution in [0.1, 0.15) is 37.7 Å². The highest BCUT2D eigenvalue weighted by atomic mass is 32.1. The number of nitrogens with zero attached hydrogens (tertiary/aromatic N) is 2. The smallest absolute Gasteiger partial charge is 0.142 e. The summed E-state index contributed by atoms with van der Waals surface area (Å²) in [6.07, 6.45) is 3.30. The van der Waals surface area contributed by atoms with Crippen LogP contribution in [0.5, 0.6) is 0 Å². The Morgan fingerprint density at radius 3 is 2.82 bits per heavy atom. The van der Waals surface area contributed by atoms with Crippen LogP contribution in [0.25, 0.3) is 0 Å². The Kier molecular flexibility index (Phi) is 2.75. The summed E-state index contributed by atoms with van der Waals surface area (Å²) in [6, 6.07) is 0. The van der Waals surface area contributed by atoms with E-state index in [1.165, 1.54) is 34.9 Å². The number of anilines is 2. The maximum atomic E-state index is 9.97. The van der Waals surface area contributed by atoms with Gasteiger partial charge in [0, 0.05) is 18.7 Å². The zero-order valence-electron chi connectivity index (χ0n) is 10.1. The molecule has 1 aromatic rings. The first-order valence-electron chi connectivity index (χ1n) is 6.35. The molecule has 2 fully saturated rings. The van der Waals surface area contributed by atoms with Gasteiger partial charge in [0.15, 0.2) is 0 Å². The summed E-state index contributed by atoms with van der Waals surface area (Å²) in [5.41, 5.74) is 7.21. The van der Waals surface area contributed by atoms with E-state index in [1.54, 1.807) is 0 Å². The average molecular weight is 253 g/mol. The molecular formula is C12H19N3OS. The predicted molar refractivity (Wildman–Crippen MR) is 70.5 cm³/mol. The molecule has 1 aliphatic carbocycles. The highest BCUT2D eigenvalue weighted by Gasteiger charge is 2.34. The van der Waals surface area contributed by atoms with Gasteiger partial charge in [-0.15, -0.1) is 0 Å². The summed E-state index contributed by atoms with van der Waals surface area (Å²) >= 11 is 1.49. The molecule has 2 aliphatic rings. The molecule has 0 radical (unpaired) electrons. The number of nitrogen functional groups attached to an aromatic ring is 1. The highest BCUT2D eigenvalue weighted by molar-refractivity contribution is 7.10. The van der Waals surface area contributed by atoms with Crippen molar-refractivity contribution < 1.29 is 5.11 Å². The molecule has 4 nitrogen and oxygen atoms in total. The van der Waals surface area contributed by atoms with Crippen LogP contribution in [0.3, 0.4) is 0 Å². The van der Waals surface area contributed by atoms with Crippen molar-refractivity contribution in [2.75, 3.05) is 23.7 Å². The number of nitrogens with two attached hydrogens (primary N) is 1. The Labute approximate surface area is 106 Å². The molecule has 0 spiro atoms. The van der Waals surface area contributed by atoms with Gasteiger partial charge in [-0.05, 0) is 42.6 Å². The lowest BCUT2D eigenvalue weighted by atomic mass is 9.96. The molecule has 0 amide bonds. The molecule has 1 aromatic heterocycles. The van der Waals surface area contributed by atoms with Crippen molar-refractivity contribution in [3.05, 3.63) is 5.56 Å². The number of aliphatic hydroxyl groups excluding tert-OH is 1. The van der Waals surface area contributed by atoms with E-state index in [0.29, 0.717) is 17.7 Å². The van der Waals surface area contributed by atoms with Crippen LogP contribution < -0.4 is 10.6 Å². The molecule has 1 saturated carbocycles. The maximum absolute atomic E-state index is 9.97. The first-order valence-corrected chi connectivity index (χ1v) is 7.12. The number of hydrogen-bond acceptors (Lipinski definition) is 5. The molecular weight excluding hydrogens is 234 g/mol. The summed E-state index contributed by atoms with van der Waals surface area (Å²) < 4.78 is 4.29. The van der Waals surface area contributed by atoms with E-state index in [2.05, 4.69) is 16.2 Å². The van der Waals surface area contributed by atoms with E-state index >= 15 is 0 Å². The fourth-order valence-electron chi connectivity index (χ4n) is 2.52. The summed E-state index contributed by atoms with van der Waals surface area (Å²) in [7, 11) is 0. The molecule has 3 N–H and O–H groups in total. The summed E-state index contributed by atoms with van der Waals surface area (Å²) in [4.78, 5) is 2.27. The third-order valence-corrected chi connectivity index (χ3v) is 4.87. The number of aromatic nitrogens is 1. The molecule has 3 rings (SSSR count). The maximum Gasteiger partial charge on any atom is 0.142 e. The van der Waals surface area contributed by atoms with Gasteiger partial charge in [0.05, 0.1) is 6.10 Å². The minimum atomic E-state index is -0.223. The first kappa shape index (κ1) is 11.3. The Morgan fingerprint density at radius 1 is 1.41 bits per heavy atom. The summed E-state index contributed by atoms with van der Waals surface area (Å²) in [6.45, 7) is 3.85. The standard InChI is InChI=1S/C12H19N3OS/c1-7-4-5-15(6-9(7)16)12-10(8-2-3-8)11(13)14-17-12/h7-9,16H,2-6H2,1H3,(H2,13,14). The molecule has 94 valence electrons. The number of rotatable bonds is 2. The molecule has 1 aliphatic heterocycles. The highest BCUT2D eigenvalue weighted by Crippen LogP contribution is 2.49. The fraction of sp³-hybridized carbons (Fsp3) is 0.750. The monoisotopic (exact) mass is 253 g/mol. The Balaban J connectivity index is 1.84. The first-order chi connectivity index (χ1) is 8.16. The van der Waals surface area contributed by atoms with Crippen molar-refractivity contribution in [1.29, 1.82) is 0 Å². The van der Waals surface area contributed by atoms with Crippen molar-refractivity contribution in [2.45, 2.75) is 38.2 Å². The van der Waals surface area contributed by atoms with E-state index in [9.17, 15) is 5.11 Å². The van der Waals surface area contributed by atoms with Crippen LogP contribution in [0.4, 0.5) is 10.8 Å². The molecule has 2 heterocycles. The molecule has 17 heavy (non-hydrogen) atoms. The van der Waals surface area contributed by atoms with Crippen LogP contribution in [0, 0.1) is 5.92 Å². The molecule has 5 heteroatoms. The van der Waals surface area contributed by atoms with Crippen molar-refractivity contribution in [3.8, 4) is 0 Å². The van der Waals surface area contributed by atoms with E-state index in [4.69, 9.17) is 5.73 Å². The van der Waals surface area contributed by atoms with E-state index < -0.39 is 0 Å². The van der Waals surface area contributed by atoms with Crippen molar-refractivity contribution in [1.82, 2.24) is 4.37 Å². The minimum Gasteiger partial charge on any atom is -0.391 e. The minimum absolute atomic E-state index is 0.223. The van der Waals surface area contributed by atoms with Gasteiger partial charge in [-0.3, -0.25) is 0 Å². The Bertz CT molecular complexity index is 416. The van der Waals surface area contributed by atoms with Crippen molar-refractivity contribution in [3.63, 3.8) is 0 Å². The quantitative estimate of drug-likeness (QED) is 0.844. The predicted octanol–water partition coefficient (Wildman–Crippen LogP) is 1.81. The lowest BCUT2D eigenvalue weighted by molar-refractivity contribution is 0.103. The van der Waals surface area contributed by atoms with Gasteiger partial charge < -0.3 is 15.7 Å². The van der Waals surface area contributed by atoms with Crippen LogP contribution >= 0.6 is 11.5 Å². The van der Waals surface area contributed by atoms with E-state index in [0.717, 1.165) is 19.5 Å². The van der Waals surface area contributed by atoms with Gasteiger partial charge in [0.25, 0.3) is 0 Å². The fourth-order valence-corrected chi connectivity index (χ4v) is 3.45. The van der Waals surface area contributed by atoms with Gasteiger partial charge >= 0.3 is 0 Å². The number of aliphatic hydroxyl groups is 1. The van der Waals surface area contributed by atoms with Crippen molar-refractivity contribution in [2.24, 2.45) is 5.92 Å². The van der Waals surface area contributed by atoms with Gasteiger partial charge in [-0.2, -0.15) is 4.37 Å². The molecule has 0 bridgehead atoms. The van der Waals surface area contributed by atoms with Gasteiger partial charge in [0.2, 0.25) is 0 Å². The van der Waals surface area contributed by atoms with Gasteiger partial charge in [-0.25, -0.2) is 0 Å². The van der Waals surface area contributed by atoms with Crippen LogP contribution in [-0.4, -0.2) is 28.7 Å². The number of hydrogen-bond donors (Lipinski definition) is 2. The zero-order valence-corrected chi connectivity index (χ0v) is 10.9. The SMILES string of the molecule is CC1CCN(c2snc(N)c2C2CC2)CC1O. The third kappa shape index (κ3) is 2.02. The largest absolute Gasteiger partial charge is 0.391 e. The molecule has 0 aromatic carbocycles. The Morgan fingerprint density at radius 2 is 2.18 bits per heavy atom. The molecule has 1 saturated heterocycles. The van der Waals surface area contributed by atoms with Crippen LogP contribution in [0.15, 0.2) is 0 Å². The second kappa shape index (κ2) is 4.14. The summed E-state index contributed by atoms with van der Waals surface area (Å²) in [5.74, 6) is 1.74. The normalized spacial score (nSPS) is 29.6. The van der Waals surface area contributed by atoms with Crippen LogP contribution in [0.2, 0.25) is 0 Å². The Hall–Kier alpha value is -0.810. The van der Waals surface area contributed by atoms with E-state index in [1.807, 2.05) is 0 Å². The molecule has 2 unspecified atom stereocenters. The van der Waals surface area contributed by atoms with E-state index in [-0.39, 0.29) is 6.10 Å².